The van der Waals surface area contributed by atoms with Gasteiger partial charge in [-0.2, -0.15) is 8.42 Å². The smallest absolute Gasteiger partial charge is 0.264 e. The molecule has 0 unspecified atom stereocenters. The van der Waals surface area contributed by atoms with Gasteiger partial charge in [0.25, 0.3) is 10.1 Å². The van der Waals surface area contributed by atoms with Gasteiger partial charge in [-0.15, -0.1) is 0 Å². The molecule has 0 aromatic rings. The van der Waals surface area contributed by atoms with Crippen molar-refractivity contribution in [2.24, 2.45) is 29.1 Å². The highest BCUT2D eigenvalue weighted by molar-refractivity contribution is 7.86. The number of hydrogen-bond donors (Lipinski definition) is 0. The predicted molar refractivity (Wildman–Crippen MR) is 148 cm³/mol. The van der Waals surface area contributed by atoms with Gasteiger partial charge >= 0.3 is 0 Å². The Hall–Kier alpha value is -0.253. The first kappa shape index (κ1) is 30.3. The summed E-state index contributed by atoms with van der Waals surface area (Å²) in [4.78, 5) is 0. The minimum atomic E-state index is -3.74. The molecule has 0 N–H and O–H groups in total. The average Bonchev–Trinajstić information content (AvgIpc) is 3.10. The SMILES string of the molecule is C=C1[C@@H](C(C)C)CC[C@]1(C)[C@H](OS(C)(=O)=O)[C@@]12O[C@]1(COC)CC[C@H]2[C@@H](C)CO[Si](C)(C)C(C)(C)C. The van der Waals surface area contributed by atoms with Crippen LogP contribution in [-0.4, -0.2) is 60.6 Å². The number of epoxide rings is 1. The second-order valence-corrected chi connectivity index (χ2v) is 20.4. The van der Waals surface area contributed by atoms with Crippen LogP contribution < -0.4 is 0 Å². The summed E-state index contributed by atoms with van der Waals surface area (Å²) in [6.45, 7) is 25.7. The Labute approximate surface area is 222 Å². The van der Waals surface area contributed by atoms with Crippen LogP contribution in [0.25, 0.3) is 0 Å². The summed E-state index contributed by atoms with van der Waals surface area (Å²) in [5, 5.41) is 0.124. The molecule has 0 aromatic carbocycles. The molecule has 0 spiro atoms. The Morgan fingerprint density at radius 3 is 2.25 bits per heavy atom. The third-order valence-electron chi connectivity index (χ3n) is 10.2. The molecule has 2 aliphatic carbocycles. The molecular formula is C28H52O6SSi. The predicted octanol–water partition coefficient (Wildman–Crippen LogP) is 6.18. The van der Waals surface area contributed by atoms with Gasteiger partial charge < -0.3 is 13.9 Å². The van der Waals surface area contributed by atoms with Crippen LogP contribution in [0, 0.1) is 29.1 Å². The molecule has 0 amide bonds. The fourth-order valence-electron chi connectivity index (χ4n) is 6.95. The van der Waals surface area contributed by atoms with E-state index in [0.29, 0.717) is 25.0 Å². The summed E-state index contributed by atoms with van der Waals surface area (Å²) in [7, 11) is -3.98. The van der Waals surface area contributed by atoms with E-state index in [0.717, 1.165) is 37.5 Å². The molecule has 3 aliphatic rings. The quantitative estimate of drug-likeness (QED) is 0.134. The third kappa shape index (κ3) is 5.04. The molecule has 210 valence electrons. The molecule has 0 radical (unpaired) electrons. The molecule has 6 nitrogen and oxygen atoms in total. The topological polar surface area (TPSA) is 74.4 Å². The zero-order valence-electron chi connectivity index (χ0n) is 24.7. The first-order chi connectivity index (χ1) is 16.3. The van der Waals surface area contributed by atoms with Gasteiger partial charge in [0.1, 0.15) is 17.3 Å². The number of hydrogen-bond acceptors (Lipinski definition) is 6. The Bertz CT molecular complexity index is 940. The largest absolute Gasteiger partial charge is 0.417 e. The lowest BCUT2D eigenvalue weighted by Crippen LogP contribution is -2.54. The summed E-state index contributed by atoms with van der Waals surface area (Å²) in [5.41, 5.74) is -0.688. The molecular weight excluding hydrogens is 492 g/mol. The molecule has 8 heteroatoms. The Morgan fingerprint density at radius 2 is 1.78 bits per heavy atom. The van der Waals surface area contributed by atoms with E-state index < -0.39 is 41.2 Å². The molecule has 1 saturated heterocycles. The summed E-state index contributed by atoms with van der Waals surface area (Å²) in [6, 6.07) is 0. The summed E-state index contributed by atoms with van der Waals surface area (Å²) in [6.07, 6.45) is 4.10. The van der Waals surface area contributed by atoms with Crippen molar-refractivity contribution in [3.8, 4) is 0 Å². The molecule has 0 aromatic heterocycles. The highest BCUT2D eigenvalue weighted by atomic mass is 32.2. The van der Waals surface area contributed by atoms with E-state index in [1.165, 1.54) is 0 Å². The summed E-state index contributed by atoms with van der Waals surface area (Å²) < 4.78 is 50.6. The van der Waals surface area contributed by atoms with Crippen molar-refractivity contribution < 1.29 is 26.5 Å². The van der Waals surface area contributed by atoms with Crippen LogP contribution in [0.3, 0.4) is 0 Å². The van der Waals surface area contributed by atoms with Gasteiger partial charge in [-0.1, -0.05) is 60.6 Å². The monoisotopic (exact) mass is 544 g/mol. The van der Waals surface area contributed by atoms with Crippen LogP contribution in [-0.2, 0) is 28.2 Å². The fraction of sp³-hybridized carbons (Fsp3) is 0.929. The molecule has 7 atom stereocenters. The fourth-order valence-corrected chi connectivity index (χ4v) is 8.77. The Kier molecular flexibility index (Phi) is 8.19. The van der Waals surface area contributed by atoms with E-state index in [4.69, 9.17) is 18.1 Å². The van der Waals surface area contributed by atoms with Gasteiger partial charge in [0.15, 0.2) is 8.32 Å². The van der Waals surface area contributed by atoms with Crippen LogP contribution in [0.2, 0.25) is 18.1 Å². The van der Waals surface area contributed by atoms with Gasteiger partial charge in [0.2, 0.25) is 0 Å². The van der Waals surface area contributed by atoms with Crippen LogP contribution in [0.5, 0.6) is 0 Å². The van der Waals surface area contributed by atoms with E-state index in [9.17, 15) is 8.42 Å². The number of ether oxygens (including phenoxy) is 2. The zero-order chi connectivity index (χ0) is 27.5. The molecule has 1 heterocycles. The summed E-state index contributed by atoms with van der Waals surface area (Å²) in [5.74, 6) is 1.07. The molecule has 2 saturated carbocycles. The standard InChI is InChI=1S/C28H52O6SSi/c1-19(2)22-13-15-26(8,21(22)4)24(33-35(10,29)30)28-23(14-16-27(28,34-28)18-31-9)20(3)17-32-36(11,12)25(5,6)7/h19-20,22-24H,4,13-18H2,1-3,5-12H3/t20-,22+,23-,24-,26-,27-,28+/m0/s1. The van der Waals surface area contributed by atoms with E-state index >= 15 is 0 Å². The lowest BCUT2D eigenvalue weighted by Gasteiger charge is -2.43. The molecule has 3 fully saturated rings. The lowest BCUT2D eigenvalue weighted by molar-refractivity contribution is -0.0255. The molecule has 36 heavy (non-hydrogen) atoms. The van der Waals surface area contributed by atoms with Crippen LogP contribution in [0.1, 0.15) is 74.1 Å². The third-order valence-corrected chi connectivity index (χ3v) is 15.3. The first-order valence-corrected chi connectivity index (χ1v) is 18.4. The van der Waals surface area contributed by atoms with Crippen molar-refractivity contribution in [2.75, 3.05) is 26.6 Å². The Balaban J connectivity index is 2.02. The normalized spacial score (nSPS) is 36.8. The van der Waals surface area contributed by atoms with Crippen molar-refractivity contribution in [1.82, 2.24) is 0 Å². The van der Waals surface area contributed by atoms with Crippen molar-refractivity contribution >= 4 is 18.4 Å². The lowest BCUT2D eigenvalue weighted by atomic mass is 9.66. The zero-order valence-corrected chi connectivity index (χ0v) is 26.5. The molecule has 1 aliphatic heterocycles. The van der Waals surface area contributed by atoms with Crippen LogP contribution in [0.4, 0.5) is 0 Å². The maximum absolute atomic E-state index is 12.7. The van der Waals surface area contributed by atoms with E-state index in [2.05, 4.69) is 68.1 Å². The van der Waals surface area contributed by atoms with Gasteiger partial charge in [0, 0.05) is 19.1 Å². The molecule has 0 bridgehead atoms. The van der Waals surface area contributed by atoms with Crippen molar-refractivity contribution in [1.29, 1.82) is 0 Å². The van der Waals surface area contributed by atoms with E-state index in [1.54, 1.807) is 7.11 Å². The summed E-state index contributed by atoms with van der Waals surface area (Å²) >= 11 is 0. The van der Waals surface area contributed by atoms with Crippen molar-refractivity contribution in [3.63, 3.8) is 0 Å². The van der Waals surface area contributed by atoms with Gasteiger partial charge in [-0.05, 0) is 67.5 Å². The second-order valence-electron chi connectivity index (χ2n) is 14.0. The minimum absolute atomic E-state index is 0.104. The van der Waals surface area contributed by atoms with Gasteiger partial charge in [-0.25, -0.2) is 0 Å². The maximum atomic E-state index is 12.7. The minimum Gasteiger partial charge on any atom is -0.417 e. The highest BCUT2D eigenvalue weighted by Crippen LogP contribution is 2.71. The van der Waals surface area contributed by atoms with Crippen LogP contribution in [0.15, 0.2) is 12.2 Å². The van der Waals surface area contributed by atoms with E-state index in [-0.39, 0.29) is 16.9 Å². The Morgan fingerprint density at radius 1 is 1.17 bits per heavy atom. The number of rotatable bonds is 11. The van der Waals surface area contributed by atoms with Crippen molar-refractivity contribution in [3.05, 3.63) is 12.2 Å². The average molecular weight is 545 g/mol. The van der Waals surface area contributed by atoms with Gasteiger partial charge in [0.05, 0.1) is 12.9 Å². The van der Waals surface area contributed by atoms with Gasteiger partial charge in [-0.3, -0.25) is 4.18 Å². The van der Waals surface area contributed by atoms with Crippen molar-refractivity contribution in [2.45, 2.75) is 110 Å². The number of fused-ring (bicyclic) bond motifs is 1. The second kappa shape index (κ2) is 9.74. The number of methoxy groups -OCH3 is 1. The highest BCUT2D eigenvalue weighted by Gasteiger charge is 2.83. The van der Waals surface area contributed by atoms with E-state index in [1.807, 2.05) is 0 Å². The molecule has 3 rings (SSSR count). The first-order valence-electron chi connectivity index (χ1n) is 13.7. The van der Waals surface area contributed by atoms with Crippen LogP contribution >= 0.6 is 0 Å². The maximum Gasteiger partial charge on any atom is 0.264 e.